The Labute approximate surface area is 509 Å². The maximum atomic E-state index is 6.04. The van der Waals surface area contributed by atoms with E-state index in [1.807, 2.05) is 113 Å². The molecule has 16 rings (SSSR count). The number of rotatable bonds is 4. The zero-order valence-corrected chi connectivity index (χ0v) is 51.7. The first-order valence-electron chi connectivity index (χ1n) is 29.6. The summed E-state index contributed by atoms with van der Waals surface area (Å²) in [5.41, 5.74) is 26.2. The number of aromatic nitrogens is 8. The molecule has 16 aromatic rings. The van der Waals surface area contributed by atoms with Crippen LogP contribution in [0.5, 0.6) is 0 Å². The first-order chi connectivity index (χ1) is 42.6. The van der Waals surface area contributed by atoms with Gasteiger partial charge in [-0.1, -0.05) is 24.3 Å². The van der Waals surface area contributed by atoms with Crippen LogP contribution < -0.4 is 18.3 Å². The van der Waals surface area contributed by atoms with E-state index in [1.54, 1.807) is 0 Å². The van der Waals surface area contributed by atoms with Crippen molar-refractivity contribution < 1.29 is 35.9 Å². The number of fused-ring (bicyclic) bond motifs is 12. The lowest BCUT2D eigenvalue weighted by molar-refractivity contribution is -0.660. The first-order valence-corrected chi connectivity index (χ1v) is 29.6. The van der Waals surface area contributed by atoms with Crippen molar-refractivity contribution in [3.63, 3.8) is 0 Å². The smallest absolute Gasteiger partial charge is 0.227 e. The lowest BCUT2D eigenvalue weighted by Gasteiger charge is -2.06. The number of nitrogens with zero attached hydrogens (tertiary/aromatic N) is 8. The SMILES string of the molecule is Cc1cc2c(cn1)oc1ccc(C)c(-c3cccc[n+]3C)c12.Cc1cc2oc3ccc(C)c(-c4cccc[n+]4C)c3c2cn1.Cc1ccc2c(n1)oc1ccc(C)c(-c3cccc[n+]3C)c12.Cc1ccc2oc3ccc(C)c(-c4cccc[n+]4C)c3c2n1. The number of benzene rings is 4. The molecule has 12 nitrogen and oxygen atoms in total. The first kappa shape index (κ1) is 56.4. The molecule has 0 amide bonds. The molecule has 12 heterocycles. The third-order valence-electron chi connectivity index (χ3n) is 16.7. The van der Waals surface area contributed by atoms with Crippen LogP contribution in [0.2, 0.25) is 0 Å². The van der Waals surface area contributed by atoms with E-state index in [9.17, 15) is 0 Å². The maximum Gasteiger partial charge on any atom is 0.227 e. The number of hydrogen-bond acceptors (Lipinski definition) is 8. The average Bonchev–Trinajstić information content (AvgIpc) is 4.50. The minimum atomic E-state index is 0.709. The Kier molecular flexibility index (Phi) is 14.7. The van der Waals surface area contributed by atoms with Crippen molar-refractivity contribution in [2.75, 3.05) is 0 Å². The second-order valence-electron chi connectivity index (χ2n) is 23.0. The van der Waals surface area contributed by atoms with E-state index in [0.29, 0.717) is 5.71 Å². The van der Waals surface area contributed by atoms with Crippen molar-refractivity contribution in [3.05, 3.63) is 240 Å². The highest BCUT2D eigenvalue weighted by Gasteiger charge is 2.25. The summed E-state index contributed by atoms with van der Waals surface area (Å²) in [6.07, 6.45) is 12.0. The van der Waals surface area contributed by atoms with Gasteiger partial charge in [-0.3, -0.25) is 9.97 Å². The van der Waals surface area contributed by atoms with Crippen molar-refractivity contribution >= 4 is 88.0 Å². The molecule has 0 radical (unpaired) electrons. The lowest BCUT2D eigenvalue weighted by Crippen LogP contribution is -2.30. The summed E-state index contributed by atoms with van der Waals surface area (Å²) < 4.78 is 32.6. The van der Waals surface area contributed by atoms with E-state index in [0.717, 1.165) is 105 Å². The topological polar surface area (TPSA) is 120 Å². The zero-order valence-electron chi connectivity index (χ0n) is 51.7. The summed E-state index contributed by atoms with van der Waals surface area (Å²) in [5, 5.41) is 7.83. The highest BCUT2D eigenvalue weighted by Crippen LogP contribution is 2.41. The summed E-state index contributed by atoms with van der Waals surface area (Å²) in [6, 6.07) is 53.9. The minimum absolute atomic E-state index is 0.709. The van der Waals surface area contributed by atoms with E-state index in [-0.39, 0.29) is 0 Å². The van der Waals surface area contributed by atoms with E-state index < -0.39 is 0 Å². The second kappa shape index (κ2) is 22.9. The normalized spacial score (nSPS) is 11.4. The van der Waals surface area contributed by atoms with Crippen LogP contribution in [0.25, 0.3) is 133 Å². The van der Waals surface area contributed by atoms with E-state index in [1.165, 1.54) is 67.0 Å². The highest BCUT2D eigenvalue weighted by molar-refractivity contribution is 6.15. The molecule has 0 N–H and O–H groups in total. The Morgan fingerprint density at radius 3 is 1.19 bits per heavy atom. The Hall–Kier alpha value is -10.7. The second-order valence-corrected chi connectivity index (χ2v) is 23.0. The summed E-state index contributed by atoms with van der Waals surface area (Å²) in [6.45, 7) is 16.5. The number of aryl methyl sites for hydroxylation is 12. The summed E-state index contributed by atoms with van der Waals surface area (Å²) in [4.78, 5) is 18.0. The third-order valence-corrected chi connectivity index (χ3v) is 16.7. The summed E-state index contributed by atoms with van der Waals surface area (Å²) >= 11 is 0. The monoisotopic (exact) mass is 1160 g/mol. The van der Waals surface area contributed by atoms with Crippen LogP contribution in [0.15, 0.2) is 213 Å². The number of hydrogen-bond donors (Lipinski definition) is 0. The molecule has 432 valence electrons. The van der Waals surface area contributed by atoms with Gasteiger partial charge in [-0.05, 0) is 157 Å². The van der Waals surface area contributed by atoms with Crippen LogP contribution in [0.3, 0.4) is 0 Å². The van der Waals surface area contributed by atoms with Crippen molar-refractivity contribution in [3.8, 4) is 45.0 Å². The van der Waals surface area contributed by atoms with Crippen LogP contribution in [0.4, 0.5) is 0 Å². The van der Waals surface area contributed by atoms with Gasteiger partial charge in [-0.2, -0.15) is 0 Å². The number of furan rings is 4. The Bertz CT molecular complexity index is 5050. The highest BCUT2D eigenvalue weighted by atomic mass is 16.3. The predicted molar refractivity (Wildman–Crippen MR) is 350 cm³/mol. The lowest BCUT2D eigenvalue weighted by atomic mass is 9.98. The fourth-order valence-electron chi connectivity index (χ4n) is 12.3. The molecular formula is C76H68N8O4+4. The molecule has 0 unspecified atom stereocenters. The Balaban J connectivity index is 0.000000108. The fraction of sp³-hybridized carbons (Fsp3) is 0.158. The van der Waals surface area contributed by atoms with Crippen LogP contribution >= 0.6 is 0 Å². The quantitative estimate of drug-likeness (QED) is 0.160. The van der Waals surface area contributed by atoms with Gasteiger partial charge in [0.2, 0.25) is 28.5 Å². The van der Waals surface area contributed by atoms with Gasteiger partial charge in [0.25, 0.3) is 0 Å². The predicted octanol–water partition coefficient (Wildman–Crippen LogP) is 16.4. The molecule has 0 aliphatic rings. The van der Waals surface area contributed by atoms with Crippen molar-refractivity contribution in [2.24, 2.45) is 28.2 Å². The minimum Gasteiger partial charge on any atom is -0.456 e. The van der Waals surface area contributed by atoms with Gasteiger partial charge < -0.3 is 17.7 Å². The Morgan fingerprint density at radius 2 is 0.682 bits per heavy atom. The summed E-state index contributed by atoms with van der Waals surface area (Å²) in [7, 11) is 8.27. The van der Waals surface area contributed by atoms with Crippen LogP contribution in [-0.4, -0.2) is 19.9 Å². The number of pyridine rings is 8. The molecule has 12 heteroatoms. The van der Waals surface area contributed by atoms with E-state index >= 15 is 0 Å². The van der Waals surface area contributed by atoms with Crippen LogP contribution in [0.1, 0.15) is 45.0 Å². The molecule has 88 heavy (non-hydrogen) atoms. The van der Waals surface area contributed by atoms with Crippen molar-refractivity contribution in [1.82, 2.24) is 19.9 Å². The van der Waals surface area contributed by atoms with E-state index in [4.69, 9.17) is 22.7 Å². The molecule has 0 atom stereocenters. The summed E-state index contributed by atoms with van der Waals surface area (Å²) in [5.74, 6) is 0. The molecule has 0 bridgehead atoms. The van der Waals surface area contributed by atoms with Crippen molar-refractivity contribution in [2.45, 2.75) is 55.4 Å². The van der Waals surface area contributed by atoms with E-state index in [2.05, 4.69) is 199 Å². The van der Waals surface area contributed by atoms with Gasteiger partial charge in [0.1, 0.15) is 61.6 Å². The van der Waals surface area contributed by atoms with Gasteiger partial charge in [-0.25, -0.2) is 28.2 Å². The molecule has 0 fully saturated rings. The van der Waals surface area contributed by atoms with Gasteiger partial charge in [-0.15, -0.1) is 0 Å². The van der Waals surface area contributed by atoms with Crippen LogP contribution in [0, 0.1) is 55.4 Å². The Morgan fingerprint density at radius 1 is 0.295 bits per heavy atom. The molecule has 4 aromatic carbocycles. The average molecular weight is 1160 g/mol. The van der Waals surface area contributed by atoms with Crippen LogP contribution in [-0.2, 0) is 28.2 Å². The van der Waals surface area contributed by atoms with Crippen molar-refractivity contribution in [1.29, 1.82) is 0 Å². The fourth-order valence-corrected chi connectivity index (χ4v) is 12.3. The molecule has 0 aliphatic heterocycles. The molecule has 12 aromatic heterocycles. The van der Waals surface area contributed by atoms with Gasteiger partial charge in [0.15, 0.2) is 36.0 Å². The maximum absolute atomic E-state index is 6.04. The van der Waals surface area contributed by atoms with Gasteiger partial charge in [0.05, 0.1) is 33.8 Å². The zero-order chi connectivity index (χ0) is 61.1. The molecule has 0 saturated heterocycles. The molecule has 0 spiro atoms. The molecule has 0 aliphatic carbocycles. The third kappa shape index (κ3) is 10.3. The molecular weight excluding hydrogens is 1090 g/mol. The van der Waals surface area contributed by atoms with Gasteiger partial charge >= 0.3 is 0 Å². The van der Waals surface area contributed by atoms with Gasteiger partial charge in [0, 0.05) is 116 Å². The molecule has 0 saturated carbocycles. The standard InChI is InChI=1S/4C19H17N2O/c1-12-7-10-16-18(14-9-8-13(2)20-19(14)22-16)17(12)15-6-4-5-11-21(15)3;1-12-7-9-15-18(17(12)14-6-4-5-11-21(14)3)19-16(22-15)10-8-13(2)20-19;1-12-7-8-16-19(14-11-20-13(2)10-17(14)22-16)18(12)15-6-4-5-9-21(15)3;1-12-7-8-16-19(14-10-13(2)20-11-17(14)22-16)18(12)15-6-4-5-9-21(15)3/h4*4-11H,1-3H3/q4*+1. The largest absolute Gasteiger partial charge is 0.456 e.